The SMILES string of the molecule is c1ccc(-c2cccc(-c3cccc(-n4c5ccc(-c6ccc7c8ccccc8n(-c8ccccc8)c7c6)cc5c5ccc(-c6cccc7c6sc6ccccc67)cc54)c3)n2)cc1. The van der Waals surface area contributed by atoms with Crippen LogP contribution in [0.15, 0.2) is 224 Å². The third-order valence-electron chi connectivity index (χ3n) is 12.7. The maximum absolute atomic E-state index is 5.16. The van der Waals surface area contributed by atoms with E-state index in [4.69, 9.17) is 4.98 Å². The van der Waals surface area contributed by atoms with Gasteiger partial charge in [-0.2, -0.15) is 0 Å². The van der Waals surface area contributed by atoms with Crippen molar-refractivity contribution in [3.8, 4) is 56.1 Å². The Balaban J connectivity index is 1.02. The minimum absolute atomic E-state index is 0.946. The Morgan fingerprint density at radius 3 is 1.71 bits per heavy atom. The minimum atomic E-state index is 0.946. The molecule has 0 amide bonds. The predicted molar refractivity (Wildman–Crippen MR) is 268 cm³/mol. The van der Waals surface area contributed by atoms with E-state index >= 15 is 0 Å². The summed E-state index contributed by atoms with van der Waals surface area (Å²) < 4.78 is 7.47. The van der Waals surface area contributed by atoms with Crippen molar-refractivity contribution in [2.24, 2.45) is 0 Å². The van der Waals surface area contributed by atoms with Crippen molar-refractivity contribution in [1.29, 1.82) is 0 Å². The van der Waals surface area contributed by atoms with Gasteiger partial charge in [-0.3, -0.25) is 0 Å². The molecular weight excluding hydrogens is 783 g/mol. The average Bonchev–Trinajstić information content (AvgIpc) is 4.01. The van der Waals surface area contributed by atoms with E-state index in [0.717, 1.165) is 39.4 Å². The normalized spacial score (nSPS) is 11.8. The van der Waals surface area contributed by atoms with Crippen molar-refractivity contribution in [1.82, 2.24) is 14.1 Å². The van der Waals surface area contributed by atoms with Gasteiger partial charge in [-0.05, 0) is 95.1 Å². The van der Waals surface area contributed by atoms with Crippen LogP contribution in [0.3, 0.4) is 0 Å². The highest BCUT2D eigenvalue weighted by atomic mass is 32.1. The molecule has 4 heterocycles. The first-order valence-electron chi connectivity index (χ1n) is 21.4. The highest BCUT2D eigenvalue weighted by Gasteiger charge is 2.19. The van der Waals surface area contributed by atoms with Crippen molar-refractivity contribution >= 4 is 75.1 Å². The third kappa shape index (κ3) is 5.76. The van der Waals surface area contributed by atoms with Crippen LogP contribution in [0.1, 0.15) is 0 Å². The molecule has 0 saturated carbocycles. The lowest BCUT2D eigenvalue weighted by Gasteiger charge is -2.12. The summed E-state index contributed by atoms with van der Waals surface area (Å²) in [4.78, 5) is 5.16. The summed E-state index contributed by atoms with van der Waals surface area (Å²) in [6.45, 7) is 0. The second kappa shape index (κ2) is 14.3. The molecular formula is C59H37N3S. The Hall–Kier alpha value is -8.05. The molecule has 0 fully saturated rings. The smallest absolute Gasteiger partial charge is 0.0710 e. The number of thiophene rings is 1. The number of para-hydroxylation sites is 2. The van der Waals surface area contributed by atoms with Crippen molar-refractivity contribution < 1.29 is 0 Å². The molecule has 0 radical (unpaired) electrons. The second-order valence-corrected chi connectivity index (χ2v) is 17.4. The molecule has 0 bridgehead atoms. The highest BCUT2D eigenvalue weighted by Crippen LogP contribution is 2.43. The van der Waals surface area contributed by atoms with Gasteiger partial charge in [-0.25, -0.2) is 4.98 Å². The molecule has 0 aliphatic rings. The molecule has 0 aliphatic heterocycles. The fourth-order valence-electron chi connectivity index (χ4n) is 9.80. The molecule has 3 nitrogen and oxygen atoms in total. The quantitative estimate of drug-likeness (QED) is 0.164. The second-order valence-electron chi connectivity index (χ2n) is 16.3. The number of hydrogen-bond donors (Lipinski definition) is 0. The molecule has 294 valence electrons. The van der Waals surface area contributed by atoms with E-state index in [9.17, 15) is 0 Å². The first-order chi connectivity index (χ1) is 31.2. The molecule has 0 spiro atoms. The topological polar surface area (TPSA) is 22.8 Å². The molecule has 13 aromatic rings. The van der Waals surface area contributed by atoms with Crippen molar-refractivity contribution in [2.45, 2.75) is 0 Å². The van der Waals surface area contributed by atoms with E-state index in [1.165, 1.54) is 80.5 Å². The standard InChI is InChI=1S/C59H37N3S/c1-3-14-38(15-4-1)52-24-13-25-53(60-52)42-16-11-19-44(34-42)62-55-33-30-39(40-28-31-47-46-20-7-9-26-54(46)61(56(47)36-40)43-17-5-2-6-18-43)35-51(55)48-32-29-41(37-57(48)62)45-22-12-23-50-49-21-8-10-27-58(49)63-59(45)50/h1-37H. The Morgan fingerprint density at radius 1 is 0.302 bits per heavy atom. The Bertz CT molecular complexity index is 3910. The van der Waals surface area contributed by atoms with E-state index < -0.39 is 0 Å². The molecule has 63 heavy (non-hydrogen) atoms. The Morgan fingerprint density at radius 2 is 0.857 bits per heavy atom. The van der Waals surface area contributed by atoms with Gasteiger partial charge in [0.15, 0.2) is 0 Å². The van der Waals surface area contributed by atoms with Gasteiger partial charge in [0.2, 0.25) is 0 Å². The number of benzene rings is 9. The zero-order valence-electron chi connectivity index (χ0n) is 34.1. The van der Waals surface area contributed by atoms with Crippen LogP contribution in [-0.4, -0.2) is 14.1 Å². The monoisotopic (exact) mass is 819 g/mol. The zero-order valence-corrected chi connectivity index (χ0v) is 34.9. The summed E-state index contributed by atoms with van der Waals surface area (Å²) in [5.41, 5.74) is 15.9. The highest BCUT2D eigenvalue weighted by molar-refractivity contribution is 7.26. The minimum Gasteiger partial charge on any atom is -0.309 e. The largest absolute Gasteiger partial charge is 0.309 e. The maximum Gasteiger partial charge on any atom is 0.0710 e. The fourth-order valence-corrected chi connectivity index (χ4v) is 11.0. The van der Waals surface area contributed by atoms with Gasteiger partial charge < -0.3 is 9.13 Å². The van der Waals surface area contributed by atoms with Gasteiger partial charge in [0.25, 0.3) is 0 Å². The van der Waals surface area contributed by atoms with Gasteiger partial charge in [0.1, 0.15) is 0 Å². The van der Waals surface area contributed by atoms with Crippen LogP contribution in [-0.2, 0) is 0 Å². The van der Waals surface area contributed by atoms with Gasteiger partial charge in [0.05, 0.1) is 33.5 Å². The predicted octanol–water partition coefficient (Wildman–Crippen LogP) is 16.3. The molecule has 0 saturated heterocycles. The summed E-state index contributed by atoms with van der Waals surface area (Å²) in [6.07, 6.45) is 0. The number of rotatable bonds is 6. The third-order valence-corrected chi connectivity index (χ3v) is 13.9. The maximum atomic E-state index is 5.16. The molecule has 0 unspecified atom stereocenters. The Kier molecular flexibility index (Phi) is 8.08. The van der Waals surface area contributed by atoms with Crippen LogP contribution in [0.25, 0.3) is 120 Å². The van der Waals surface area contributed by atoms with E-state index in [1.807, 2.05) is 17.4 Å². The number of pyridine rings is 1. The summed E-state index contributed by atoms with van der Waals surface area (Å²) >= 11 is 1.88. The first kappa shape index (κ1) is 35.7. The Labute approximate surface area is 368 Å². The number of nitrogens with zero attached hydrogens (tertiary/aromatic N) is 3. The molecule has 0 N–H and O–H groups in total. The summed E-state index contributed by atoms with van der Waals surface area (Å²) in [7, 11) is 0. The molecule has 0 atom stereocenters. The van der Waals surface area contributed by atoms with Crippen LogP contribution in [0.4, 0.5) is 0 Å². The number of fused-ring (bicyclic) bond motifs is 9. The lowest BCUT2D eigenvalue weighted by Crippen LogP contribution is -1.95. The van der Waals surface area contributed by atoms with Crippen LogP contribution < -0.4 is 0 Å². The van der Waals surface area contributed by atoms with Crippen molar-refractivity contribution in [3.63, 3.8) is 0 Å². The molecule has 4 heteroatoms. The van der Waals surface area contributed by atoms with Gasteiger partial charge in [0, 0.05) is 64.2 Å². The van der Waals surface area contributed by atoms with E-state index in [2.05, 4.69) is 228 Å². The fraction of sp³-hybridized carbons (Fsp3) is 0. The average molecular weight is 820 g/mol. The van der Waals surface area contributed by atoms with Crippen LogP contribution in [0, 0.1) is 0 Å². The van der Waals surface area contributed by atoms with Crippen molar-refractivity contribution in [3.05, 3.63) is 224 Å². The zero-order chi connectivity index (χ0) is 41.4. The van der Waals surface area contributed by atoms with Gasteiger partial charge in [-0.1, -0.05) is 152 Å². The molecule has 9 aromatic carbocycles. The van der Waals surface area contributed by atoms with E-state index in [0.29, 0.717) is 0 Å². The van der Waals surface area contributed by atoms with E-state index in [-0.39, 0.29) is 0 Å². The molecule has 13 rings (SSSR count). The molecule has 4 aromatic heterocycles. The van der Waals surface area contributed by atoms with Gasteiger partial charge >= 0.3 is 0 Å². The van der Waals surface area contributed by atoms with Gasteiger partial charge in [-0.15, -0.1) is 11.3 Å². The first-order valence-corrected chi connectivity index (χ1v) is 22.3. The summed E-state index contributed by atoms with van der Waals surface area (Å²) in [5.74, 6) is 0. The van der Waals surface area contributed by atoms with Crippen molar-refractivity contribution in [2.75, 3.05) is 0 Å². The van der Waals surface area contributed by atoms with Crippen LogP contribution >= 0.6 is 11.3 Å². The number of hydrogen-bond acceptors (Lipinski definition) is 2. The summed E-state index contributed by atoms with van der Waals surface area (Å²) in [6, 6.07) is 81.5. The lowest BCUT2D eigenvalue weighted by molar-refractivity contribution is 1.18. The van der Waals surface area contributed by atoms with E-state index in [1.54, 1.807) is 0 Å². The number of aromatic nitrogens is 3. The summed E-state index contributed by atoms with van der Waals surface area (Å²) in [5, 5.41) is 7.56. The van der Waals surface area contributed by atoms with Crippen LogP contribution in [0.5, 0.6) is 0 Å². The molecule has 0 aliphatic carbocycles. The lowest BCUT2D eigenvalue weighted by atomic mass is 9.99. The van der Waals surface area contributed by atoms with Crippen LogP contribution in [0.2, 0.25) is 0 Å².